The van der Waals surface area contributed by atoms with Crippen LogP contribution in [0.3, 0.4) is 0 Å². The molecule has 2 aliphatic heterocycles. The first kappa shape index (κ1) is 24.5. The van der Waals surface area contributed by atoms with Crippen LogP contribution in [0.15, 0.2) is 36.4 Å². The molecule has 0 aliphatic carbocycles. The van der Waals surface area contributed by atoms with Gasteiger partial charge in [0.2, 0.25) is 10.0 Å². The first-order valence-corrected chi connectivity index (χ1v) is 12.8. The van der Waals surface area contributed by atoms with Crippen LogP contribution in [-0.2, 0) is 26.8 Å². The molecule has 4 rings (SSSR count). The van der Waals surface area contributed by atoms with E-state index in [0.717, 1.165) is 16.7 Å². The Bertz CT molecular complexity index is 1340. The second kappa shape index (κ2) is 8.56. The number of benzene rings is 2. The predicted molar refractivity (Wildman–Crippen MR) is 128 cm³/mol. The molecule has 2 aromatic carbocycles. The zero-order valence-electron chi connectivity index (χ0n) is 20.1. The van der Waals surface area contributed by atoms with Crippen molar-refractivity contribution in [2.75, 3.05) is 31.3 Å². The van der Waals surface area contributed by atoms with E-state index in [1.54, 1.807) is 44.2 Å². The number of rotatable bonds is 7. The minimum atomic E-state index is -3.45. The highest BCUT2D eigenvalue weighted by Crippen LogP contribution is 2.37. The summed E-state index contributed by atoms with van der Waals surface area (Å²) in [7, 11) is -0.492. The number of urea groups is 1. The molecule has 2 aromatic rings. The maximum Gasteiger partial charge on any atom is 0.325 e. The number of hydrogen-bond acceptors (Lipinski definition) is 7. The van der Waals surface area contributed by atoms with Gasteiger partial charge in [-0.1, -0.05) is 6.07 Å². The summed E-state index contributed by atoms with van der Waals surface area (Å²) in [6, 6.07) is 8.69. The topological polar surface area (TPSA) is 122 Å². The number of sulfonamides is 1. The lowest BCUT2D eigenvalue weighted by molar-refractivity contribution is -0.130. The third-order valence-electron chi connectivity index (χ3n) is 6.45. The fourth-order valence-corrected chi connectivity index (χ4v) is 5.96. The molecule has 1 fully saturated rings. The van der Waals surface area contributed by atoms with Gasteiger partial charge in [-0.15, -0.1) is 0 Å². The van der Waals surface area contributed by atoms with Gasteiger partial charge in [0.15, 0.2) is 17.3 Å². The summed E-state index contributed by atoms with van der Waals surface area (Å²) in [5, 5.41) is 2.68. The van der Waals surface area contributed by atoms with Crippen molar-refractivity contribution in [3.05, 3.63) is 53.1 Å². The van der Waals surface area contributed by atoms with Crippen LogP contribution in [0.5, 0.6) is 11.5 Å². The van der Waals surface area contributed by atoms with Crippen LogP contribution in [-0.4, -0.2) is 64.1 Å². The minimum Gasteiger partial charge on any atom is -0.493 e. The number of carbonyl (C=O) groups is 3. The SMILES string of the molecule is COc1ccc([C@]2(C)NC(=O)N(CC(=O)c3ccc4c(c3)C[C@@H](C)N4S(C)(=O)=O)C2=O)cc1OC. The van der Waals surface area contributed by atoms with Crippen molar-refractivity contribution in [3.8, 4) is 11.5 Å². The summed E-state index contributed by atoms with van der Waals surface area (Å²) >= 11 is 0. The van der Waals surface area contributed by atoms with Crippen molar-refractivity contribution < 1.29 is 32.3 Å². The Balaban J connectivity index is 1.57. The van der Waals surface area contributed by atoms with Crippen LogP contribution >= 0.6 is 0 Å². The highest BCUT2D eigenvalue weighted by atomic mass is 32.2. The maximum atomic E-state index is 13.3. The third-order valence-corrected chi connectivity index (χ3v) is 7.72. The van der Waals surface area contributed by atoms with E-state index < -0.39 is 39.8 Å². The third kappa shape index (κ3) is 4.09. The Morgan fingerprint density at radius 3 is 2.43 bits per heavy atom. The summed E-state index contributed by atoms with van der Waals surface area (Å²) in [5.41, 5.74) is 0.649. The van der Waals surface area contributed by atoms with Gasteiger partial charge in [-0.05, 0) is 61.7 Å². The molecule has 0 saturated carbocycles. The van der Waals surface area contributed by atoms with Gasteiger partial charge in [-0.2, -0.15) is 0 Å². The monoisotopic (exact) mass is 501 g/mol. The van der Waals surface area contributed by atoms with E-state index in [0.29, 0.717) is 34.7 Å². The van der Waals surface area contributed by atoms with Crippen LogP contribution in [0.1, 0.15) is 35.3 Å². The number of carbonyl (C=O) groups excluding carboxylic acids is 3. The Morgan fingerprint density at radius 1 is 1.11 bits per heavy atom. The molecule has 2 aliphatic rings. The number of methoxy groups -OCH3 is 2. The fourth-order valence-electron chi connectivity index (χ4n) is 4.70. The summed E-state index contributed by atoms with van der Waals surface area (Å²) in [4.78, 5) is 39.9. The van der Waals surface area contributed by atoms with Gasteiger partial charge in [0, 0.05) is 11.6 Å². The second-order valence-corrected chi connectivity index (χ2v) is 10.8. The number of nitrogens with zero attached hydrogens (tertiary/aromatic N) is 2. The Kier molecular flexibility index (Phi) is 6.00. The molecule has 0 unspecified atom stereocenters. The smallest absolute Gasteiger partial charge is 0.325 e. The average molecular weight is 502 g/mol. The van der Waals surface area contributed by atoms with Crippen LogP contribution < -0.4 is 19.1 Å². The molecule has 10 nitrogen and oxygen atoms in total. The van der Waals surface area contributed by atoms with Gasteiger partial charge in [-0.25, -0.2) is 13.2 Å². The van der Waals surface area contributed by atoms with Crippen LogP contribution in [0.4, 0.5) is 10.5 Å². The predicted octanol–water partition coefficient (Wildman–Crippen LogP) is 2.06. The number of Topliss-reactive ketones (excluding diaryl/α,β-unsaturated/α-hetero) is 1. The standard InChI is InChI=1S/C24H27N3O7S/c1-14-10-16-11-15(6-8-18(16)27(14)35(5,31)32)19(28)13-26-22(29)24(2,25-23(26)30)17-7-9-20(33-3)21(12-17)34-4/h6-9,11-12,14H,10,13H2,1-5H3,(H,25,30)/t14-,24+/m1/s1. The molecule has 35 heavy (non-hydrogen) atoms. The summed E-state index contributed by atoms with van der Waals surface area (Å²) in [6.07, 6.45) is 1.61. The molecule has 2 heterocycles. The first-order valence-electron chi connectivity index (χ1n) is 10.9. The van der Waals surface area contributed by atoms with Gasteiger partial charge in [-0.3, -0.25) is 18.8 Å². The molecular weight excluding hydrogens is 474 g/mol. The number of amides is 3. The van der Waals surface area contributed by atoms with Crippen LogP contribution in [0.2, 0.25) is 0 Å². The number of ether oxygens (including phenoxy) is 2. The van der Waals surface area contributed by atoms with Crippen molar-refractivity contribution in [1.29, 1.82) is 0 Å². The zero-order chi connectivity index (χ0) is 25.7. The number of nitrogens with one attached hydrogen (secondary N) is 1. The van der Waals surface area contributed by atoms with Gasteiger partial charge >= 0.3 is 6.03 Å². The summed E-state index contributed by atoms with van der Waals surface area (Å²) in [6.45, 7) is 2.91. The quantitative estimate of drug-likeness (QED) is 0.455. The van der Waals surface area contributed by atoms with Crippen LogP contribution in [0, 0.1) is 0 Å². The van der Waals surface area contributed by atoms with Crippen LogP contribution in [0.25, 0.3) is 0 Å². The first-order chi connectivity index (χ1) is 16.4. The molecular formula is C24H27N3O7S. The molecule has 1 saturated heterocycles. The van der Waals surface area contributed by atoms with Crippen molar-refractivity contribution in [3.63, 3.8) is 0 Å². The molecule has 186 valence electrons. The lowest BCUT2D eigenvalue weighted by atomic mass is 9.91. The highest BCUT2D eigenvalue weighted by molar-refractivity contribution is 7.92. The zero-order valence-corrected chi connectivity index (χ0v) is 20.9. The number of imide groups is 1. The molecule has 2 atom stereocenters. The Hall–Kier alpha value is -3.60. The van der Waals surface area contributed by atoms with Crippen molar-refractivity contribution in [2.45, 2.75) is 31.8 Å². The van der Waals surface area contributed by atoms with Gasteiger partial charge < -0.3 is 14.8 Å². The van der Waals surface area contributed by atoms with E-state index in [1.165, 1.54) is 24.6 Å². The van der Waals surface area contributed by atoms with Gasteiger partial charge in [0.1, 0.15) is 5.54 Å². The molecule has 3 amide bonds. The second-order valence-electron chi connectivity index (χ2n) is 8.89. The normalized spacial score (nSPS) is 21.7. The van der Waals surface area contributed by atoms with Gasteiger partial charge in [0.25, 0.3) is 5.91 Å². The number of hydrogen-bond donors (Lipinski definition) is 1. The molecule has 0 spiro atoms. The molecule has 11 heteroatoms. The molecule has 0 bridgehead atoms. The maximum absolute atomic E-state index is 13.3. The van der Waals surface area contributed by atoms with E-state index in [2.05, 4.69) is 5.32 Å². The van der Waals surface area contributed by atoms with Gasteiger partial charge in [0.05, 0.1) is 32.7 Å². The van der Waals surface area contributed by atoms with E-state index >= 15 is 0 Å². The molecule has 0 radical (unpaired) electrons. The summed E-state index contributed by atoms with van der Waals surface area (Å²) in [5.74, 6) is -0.123. The van der Waals surface area contributed by atoms with Crippen molar-refractivity contribution >= 4 is 33.4 Å². The van der Waals surface area contributed by atoms with Crippen molar-refractivity contribution in [1.82, 2.24) is 10.2 Å². The lowest BCUT2D eigenvalue weighted by Crippen LogP contribution is -2.41. The van der Waals surface area contributed by atoms with E-state index in [-0.39, 0.29) is 6.04 Å². The number of anilines is 1. The largest absolute Gasteiger partial charge is 0.493 e. The fraction of sp³-hybridized carbons (Fsp3) is 0.375. The highest BCUT2D eigenvalue weighted by Gasteiger charge is 2.49. The summed E-state index contributed by atoms with van der Waals surface area (Å²) < 4.78 is 36.2. The number of fused-ring (bicyclic) bond motifs is 1. The van der Waals surface area contributed by atoms with E-state index in [9.17, 15) is 22.8 Å². The molecule has 0 aromatic heterocycles. The van der Waals surface area contributed by atoms with E-state index in [1.807, 2.05) is 0 Å². The average Bonchev–Trinajstić information content (AvgIpc) is 3.26. The van der Waals surface area contributed by atoms with E-state index in [4.69, 9.17) is 9.47 Å². The minimum absolute atomic E-state index is 0.265. The Morgan fingerprint density at radius 2 is 1.80 bits per heavy atom. The Labute approximate surface area is 203 Å². The lowest BCUT2D eigenvalue weighted by Gasteiger charge is -2.23. The molecule has 1 N–H and O–H groups in total. The number of ketones is 1. The van der Waals surface area contributed by atoms with Crippen molar-refractivity contribution in [2.24, 2.45) is 0 Å².